The minimum atomic E-state index is -0.659. The molecule has 2 aliphatic carbocycles. The van der Waals surface area contributed by atoms with Crippen LogP contribution in [0.15, 0.2) is 24.3 Å². The van der Waals surface area contributed by atoms with Crippen LogP contribution in [0.2, 0.25) is 0 Å². The zero-order valence-corrected chi connectivity index (χ0v) is 20.6. The number of rotatable bonds is 6. The third kappa shape index (κ3) is 5.52. The number of hydrogen-bond acceptors (Lipinski definition) is 4. The van der Waals surface area contributed by atoms with E-state index in [9.17, 15) is 19.1 Å². The highest BCUT2D eigenvalue weighted by atomic mass is 19.1. The summed E-state index contributed by atoms with van der Waals surface area (Å²) in [6.07, 6.45) is 3.00. The first kappa shape index (κ1) is 26.0. The van der Waals surface area contributed by atoms with Crippen molar-refractivity contribution in [1.29, 1.82) is 5.26 Å². The maximum Gasteiger partial charge on any atom is 0.319 e. The van der Waals surface area contributed by atoms with Crippen molar-refractivity contribution in [2.45, 2.75) is 65.0 Å². The predicted octanol–water partition coefficient (Wildman–Crippen LogP) is 4.15. The number of halogens is 1. The summed E-state index contributed by atoms with van der Waals surface area (Å²) >= 11 is 0. The minimum absolute atomic E-state index is 0.00781. The van der Waals surface area contributed by atoms with Gasteiger partial charge in [0.05, 0.1) is 18.6 Å². The van der Waals surface area contributed by atoms with Gasteiger partial charge in [-0.1, -0.05) is 26.8 Å². The minimum Gasteiger partial charge on any atom is -0.392 e. The number of carbonyl (C=O) groups is 2. The Kier molecular flexibility index (Phi) is 8.19. The summed E-state index contributed by atoms with van der Waals surface area (Å²) < 4.78 is 13.4. The summed E-state index contributed by atoms with van der Waals surface area (Å²) in [5.74, 6) is -1.03. The van der Waals surface area contributed by atoms with Crippen molar-refractivity contribution in [3.63, 3.8) is 0 Å². The summed E-state index contributed by atoms with van der Waals surface area (Å²) in [6.45, 7) is 6.53. The summed E-state index contributed by atoms with van der Waals surface area (Å²) in [5.41, 5.74) is 0.332. The van der Waals surface area contributed by atoms with E-state index >= 15 is 0 Å². The zero-order valence-electron chi connectivity index (χ0n) is 20.6. The highest BCUT2D eigenvalue weighted by Gasteiger charge is 2.54. The highest BCUT2D eigenvalue weighted by molar-refractivity contribution is 5.89. The first-order valence-electron chi connectivity index (χ1n) is 12.2. The quantitative estimate of drug-likeness (QED) is 0.578. The van der Waals surface area contributed by atoms with Crippen LogP contribution in [0.25, 0.3) is 0 Å². The van der Waals surface area contributed by atoms with E-state index in [2.05, 4.69) is 30.6 Å². The van der Waals surface area contributed by atoms with Crippen molar-refractivity contribution >= 4 is 17.6 Å². The van der Waals surface area contributed by atoms with Crippen LogP contribution in [0.1, 0.15) is 52.9 Å². The molecule has 0 spiro atoms. The van der Waals surface area contributed by atoms with Gasteiger partial charge in [-0.15, -0.1) is 0 Å². The van der Waals surface area contributed by atoms with Crippen LogP contribution in [0.4, 0.5) is 14.9 Å². The van der Waals surface area contributed by atoms with Crippen LogP contribution in [-0.4, -0.2) is 47.7 Å². The fourth-order valence-electron chi connectivity index (χ4n) is 6.26. The Balaban J connectivity index is 1.68. The molecule has 8 heteroatoms. The smallest absolute Gasteiger partial charge is 0.319 e. The standard InChI is InChI=1S/C26H37FN4O3/c1-16(24(33)31(4)14-6-13-28)20-9-11-26(3)12-10-21(17(2)22(26)23(20)32)30-25(34)29-19-8-5-7-18(27)15-19/h5,7-8,15-17,20-23,32H,6,9-12,14H2,1-4H3,(H2,29,30,34)/t16-,17+,20-,21-,22+,23-,26-/m0/s1. The van der Waals surface area contributed by atoms with Gasteiger partial charge in [0.1, 0.15) is 5.82 Å². The number of urea groups is 1. The largest absolute Gasteiger partial charge is 0.392 e. The van der Waals surface area contributed by atoms with Gasteiger partial charge in [-0.25, -0.2) is 9.18 Å². The number of carbonyl (C=O) groups excluding carboxylic acids is 2. The molecule has 3 rings (SSSR count). The first-order chi connectivity index (χ1) is 16.1. The van der Waals surface area contributed by atoms with Crippen LogP contribution in [-0.2, 0) is 4.79 Å². The Morgan fingerprint density at radius 2 is 2.06 bits per heavy atom. The highest BCUT2D eigenvalue weighted by Crippen LogP contribution is 2.55. The van der Waals surface area contributed by atoms with Gasteiger partial charge in [0, 0.05) is 31.2 Å². The van der Waals surface area contributed by atoms with E-state index in [0.29, 0.717) is 12.2 Å². The van der Waals surface area contributed by atoms with E-state index in [1.807, 2.05) is 6.92 Å². The lowest BCUT2D eigenvalue weighted by atomic mass is 9.51. The molecule has 2 aliphatic rings. The molecule has 0 aliphatic heterocycles. The average molecular weight is 473 g/mol. The number of benzene rings is 1. The van der Waals surface area contributed by atoms with E-state index in [-0.39, 0.29) is 47.5 Å². The van der Waals surface area contributed by atoms with Crippen LogP contribution in [0.5, 0.6) is 0 Å². The molecule has 2 saturated carbocycles. The number of aliphatic hydroxyl groups excluding tert-OH is 1. The zero-order chi connectivity index (χ0) is 25.0. The van der Waals surface area contributed by atoms with Crippen molar-refractivity contribution in [2.75, 3.05) is 18.9 Å². The summed E-state index contributed by atoms with van der Waals surface area (Å²) in [5, 5.41) is 26.0. The molecule has 34 heavy (non-hydrogen) atoms. The Morgan fingerprint density at radius 3 is 2.74 bits per heavy atom. The Bertz CT molecular complexity index is 935. The van der Waals surface area contributed by atoms with Crippen molar-refractivity contribution in [2.24, 2.45) is 29.1 Å². The predicted molar refractivity (Wildman–Crippen MR) is 128 cm³/mol. The average Bonchev–Trinajstić information content (AvgIpc) is 2.78. The number of anilines is 1. The SMILES string of the molecule is C[C@H]1[C@@H]2[C@@H](O)[C@H]([C@H](C)C(=O)N(C)CCC#N)CC[C@@]2(C)CC[C@@H]1NC(=O)Nc1cccc(F)c1. The second kappa shape index (κ2) is 10.7. The fourth-order valence-corrected chi connectivity index (χ4v) is 6.26. The van der Waals surface area contributed by atoms with Crippen LogP contribution < -0.4 is 10.6 Å². The number of nitriles is 1. The van der Waals surface area contributed by atoms with E-state index in [1.54, 1.807) is 24.1 Å². The second-order valence-electron chi connectivity index (χ2n) is 10.4. The van der Waals surface area contributed by atoms with Gasteiger partial charge in [0.15, 0.2) is 0 Å². The van der Waals surface area contributed by atoms with E-state index in [1.165, 1.54) is 12.1 Å². The Morgan fingerprint density at radius 1 is 1.35 bits per heavy atom. The molecule has 0 aromatic heterocycles. The monoisotopic (exact) mass is 472 g/mol. The third-order valence-electron chi connectivity index (χ3n) is 8.25. The maximum absolute atomic E-state index is 13.4. The van der Waals surface area contributed by atoms with Crippen LogP contribution in [0.3, 0.4) is 0 Å². The van der Waals surface area contributed by atoms with Crippen molar-refractivity contribution < 1.29 is 19.1 Å². The lowest BCUT2D eigenvalue weighted by Gasteiger charge is -2.56. The molecular weight excluding hydrogens is 435 g/mol. The second-order valence-corrected chi connectivity index (χ2v) is 10.4. The molecule has 0 saturated heterocycles. The summed E-state index contributed by atoms with van der Waals surface area (Å²) in [4.78, 5) is 27.1. The summed E-state index contributed by atoms with van der Waals surface area (Å²) in [7, 11) is 1.70. The van der Waals surface area contributed by atoms with Crippen molar-refractivity contribution in [1.82, 2.24) is 10.2 Å². The van der Waals surface area contributed by atoms with Crippen molar-refractivity contribution in [3.8, 4) is 6.07 Å². The molecule has 3 amide bonds. The van der Waals surface area contributed by atoms with Crippen LogP contribution >= 0.6 is 0 Å². The molecule has 186 valence electrons. The molecule has 0 heterocycles. The molecule has 7 atom stereocenters. The Labute approximate surface area is 201 Å². The van der Waals surface area contributed by atoms with Gasteiger partial charge in [0.2, 0.25) is 5.91 Å². The summed E-state index contributed by atoms with van der Waals surface area (Å²) in [6, 6.07) is 7.30. The number of hydrogen-bond donors (Lipinski definition) is 3. The van der Waals surface area contributed by atoms with Gasteiger partial charge in [-0.3, -0.25) is 4.79 Å². The Hall–Kier alpha value is -2.66. The molecule has 7 nitrogen and oxygen atoms in total. The number of aliphatic hydroxyl groups is 1. The lowest BCUT2D eigenvalue weighted by Crippen LogP contribution is -2.59. The lowest BCUT2D eigenvalue weighted by molar-refractivity contribution is -0.148. The van der Waals surface area contributed by atoms with E-state index in [4.69, 9.17) is 5.26 Å². The van der Waals surface area contributed by atoms with Gasteiger partial charge in [-0.05, 0) is 67.1 Å². The first-order valence-corrected chi connectivity index (χ1v) is 12.2. The number of amides is 3. The molecule has 0 unspecified atom stereocenters. The van der Waals surface area contributed by atoms with Crippen LogP contribution in [0, 0.1) is 46.2 Å². The molecule has 2 fully saturated rings. The number of nitrogens with zero attached hydrogens (tertiary/aromatic N) is 2. The molecule has 3 N–H and O–H groups in total. The number of nitrogens with one attached hydrogen (secondary N) is 2. The molecule has 1 aromatic carbocycles. The topological polar surface area (TPSA) is 105 Å². The number of fused-ring (bicyclic) bond motifs is 1. The normalized spacial score (nSPS) is 31.5. The van der Waals surface area contributed by atoms with Gasteiger partial charge >= 0.3 is 6.03 Å². The van der Waals surface area contributed by atoms with E-state index < -0.39 is 18.0 Å². The van der Waals surface area contributed by atoms with Crippen molar-refractivity contribution in [3.05, 3.63) is 30.1 Å². The molecule has 0 radical (unpaired) electrons. The van der Waals surface area contributed by atoms with Gasteiger partial charge in [0.25, 0.3) is 0 Å². The maximum atomic E-state index is 13.4. The molecule has 0 bridgehead atoms. The van der Waals surface area contributed by atoms with E-state index in [0.717, 1.165) is 25.7 Å². The molecule has 1 aromatic rings. The van der Waals surface area contributed by atoms with Gasteiger partial charge < -0.3 is 20.6 Å². The fraction of sp³-hybridized carbons (Fsp3) is 0.654. The molecular formula is C26H37FN4O3. The third-order valence-corrected chi connectivity index (χ3v) is 8.25. The van der Waals surface area contributed by atoms with Gasteiger partial charge in [-0.2, -0.15) is 5.26 Å².